The summed E-state index contributed by atoms with van der Waals surface area (Å²) in [5.41, 5.74) is 1.93. The number of rotatable bonds is 4. The summed E-state index contributed by atoms with van der Waals surface area (Å²) in [6.45, 7) is 5.87. The highest BCUT2D eigenvalue weighted by atomic mass is 16.5. The first-order chi connectivity index (χ1) is 9.02. The lowest BCUT2D eigenvalue weighted by Gasteiger charge is -2.05. The van der Waals surface area contributed by atoms with Crippen LogP contribution >= 0.6 is 0 Å². The average Bonchev–Trinajstić information content (AvgIpc) is 3.17. The number of ether oxygens (including phenoxy) is 2. The Labute approximate surface area is 112 Å². The van der Waals surface area contributed by atoms with Crippen LogP contribution < -0.4 is 10.2 Å². The van der Waals surface area contributed by atoms with Crippen LogP contribution in [0.2, 0.25) is 0 Å². The maximum Gasteiger partial charge on any atom is 0.223 e. The maximum atomic E-state index is 12.2. The Morgan fingerprint density at radius 3 is 2.58 bits per heavy atom. The quantitative estimate of drug-likeness (QED) is 0.669. The van der Waals surface area contributed by atoms with Gasteiger partial charge in [-0.15, -0.1) is 0 Å². The van der Waals surface area contributed by atoms with Crippen molar-refractivity contribution < 1.29 is 9.47 Å². The van der Waals surface area contributed by atoms with Crippen molar-refractivity contribution in [2.45, 2.75) is 39.7 Å². The van der Waals surface area contributed by atoms with Gasteiger partial charge in [-0.25, -0.2) is 0 Å². The molecule has 1 fully saturated rings. The van der Waals surface area contributed by atoms with Crippen molar-refractivity contribution in [2.24, 2.45) is 0 Å². The van der Waals surface area contributed by atoms with Crippen LogP contribution in [-0.2, 0) is 4.74 Å². The first-order valence-electron chi connectivity index (χ1n) is 6.57. The van der Waals surface area contributed by atoms with E-state index in [0.29, 0.717) is 23.5 Å². The van der Waals surface area contributed by atoms with Gasteiger partial charge in [-0.2, -0.15) is 0 Å². The summed E-state index contributed by atoms with van der Waals surface area (Å²) < 4.78 is 10.9. The Balaban J connectivity index is 2.47. The smallest absolute Gasteiger partial charge is 0.223 e. The summed E-state index contributed by atoms with van der Waals surface area (Å²) in [4.78, 5) is 12.2. The van der Waals surface area contributed by atoms with Crippen LogP contribution in [0.1, 0.15) is 36.5 Å². The molecule has 102 valence electrons. The summed E-state index contributed by atoms with van der Waals surface area (Å²) in [6.07, 6.45) is 2.21. The molecule has 1 aromatic rings. The standard InChI is InChI=1S/C15H19NO3/c1-4-18-15(16)12-7-10(3)14(17)13(8-9(12)2)19-11-5-6-11/h7-8,11,16H,4-6H2,1-3H3. The van der Waals surface area contributed by atoms with Gasteiger partial charge in [0.25, 0.3) is 0 Å². The van der Waals surface area contributed by atoms with Crippen LogP contribution in [-0.4, -0.2) is 18.6 Å². The molecule has 1 aromatic carbocycles. The van der Waals surface area contributed by atoms with E-state index >= 15 is 0 Å². The predicted octanol–water partition coefficient (Wildman–Crippen LogP) is 2.57. The summed E-state index contributed by atoms with van der Waals surface area (Å²) in [5.74, 6) is 0.476. The van der Waals surface area contributed by atoms with E-state index in [9.17, 15) is 4.79 Å². The molecule has 4 heteroatoms. The minimum Gasteiger partial charge on any atom is -0.486 e. The normalized spacial score (nSPS) is 14.1. The van der Waals surface area contributed by atoms with E-state index in [4.69, 9.17) is 14.9 Å². The van der Waals surface area contributed by atoms with Gasteiger partial charge < -0.3 is 9.47 Å². The Hall–Kier alpha value is -1.84. The van der Waals surface area contributed by atoms with Gasteiger partial charge in [-0.1, -0.05) is 0 Å². The van der Waals surface area contributed by atoms with E-state index < -0.39 is 0 Å². The van der Waals surface area contributed by atoms with Crippen molar-refractivity contribution in [3.8, 4) is 5.75 Å². The molecule has 0 aromatic heterocycles. The topological polar surface area (TPSA) is 59.4 Å². The second-order valence-electron chi connectivity index (χ2n) is 4.84. The van der Waals surface area contributed by atoms with Gasteiger partial charge in [0.2, 0.25) is 11.3 Å². The monoisotopic (exact) mass is 261 g/mol. The van der Waals surface area contributed by atoms with Gasteiger partial charge in [0.1, 0.15) is 0 Å². The Morgan fingerprint density at radius 2 is 2.00 bits per heavy atom. The van der Waals surface area contributed by atoms with Crippen LogP contribution in [0.5, 0.6) is 5.75 Å². The molecule has 0 atom stereocenters. The number of hydrogen-bond acceptors (Lipinski definition) is 4. The Kier molecular flexibility index (Phi) is 3.88. The molecule has 0 spiro atoms. The third-order valence-electron chi connectivity index (χ3n) is 3.07. The van der Waals surface area contributed by atoms with E-state index in [1.165, 1.54) is 0 Å². The summed E-state index contributed by atoms with van der Waals surface area (Å²) in [7, 11) is 0. The summed E-state index contributed by atoms with van der Waals surface area (Å²) in [6, 6.07) is 3.42. The predicted molar refractivity (Wildman–Crippen MR) is 74.3 cm³/mol. The molecule has 1 N–H and O–H groups in total. The first-order valence-corrected chi connectivity index (χ1v) is 6.57. The van der Waals surface area contributed by atoms with E-state index in [-0.39, 0.29) is 17.4 Å². The molecule has 0 unspecified atom stereocenters. The maximum absolute atomic E-state index is 12.2. The minimum absolute atomic E-state index is 0.0936. The second kappa shape index (κ2) is 5.43. The van der Waals surface area contributed by atoms with Crippen molar-refractivity contribution in [3.63, 3.8) is 0 Å². The fourth-order valence-electron chi connectivity index (χ4n) is 1.85. The molecule has 0 aliphatic heterocycles. The summed E-state index contributed by atoms with van der Waals surface area (Å²) in [5, 5.41) is 7.88. The van der Waals surface area contributed by atoms with Crippen molar-refractivity contribution in [1.29, 1.82) is 5.41 Å². The zero-order valence-electron chi connectivity index (χ0n) is 11.6. The minimum atomic E-state index is -0.106. The molecule has 0 saturated heterocycles. The third-order valence-corrected chi connectivity index (χ3v) is 3.07. The van der Waals surface area contributed by atoms with Gasteiger partial charge in [-0.3, -0.25) is 10.2 Å². The largest absolute Gasteiger partial charge is 0.486 e. The molecule has 4 nitrogen and oxygen atoms in total. The zero-order valence-corrected chi connectivity index (χ0v) is 11.6. The molecular formula is C15H19NO3. The average molecular weight is 261 g/mol. The highest BCUT2D eigenvalue weighted by Gasteiger charge is 2.25. The second-order valence-corrected chi connectivity index (χ2v) is 4.84. The molecule has 2 rings (SSSR count). The van der Waals surface area contributed by atoms with Gasteiger partial charge in [0, 0.05) is 11.1 Å². The van der Waals surface area contributed by atoms with Gasteiger partial charge >= 0.3 is 0 Å². The van der Waals surface area contributed by atoms with Crippen molar-refractivity contribution in [1.82, 2.24) is 0 Å². The number of nitrogens with one attached hydrogen (secondary N) is 1. The van der Waals surface area contributed by atoms with Crippen LogP contribution in [0, 0.1) is 19.3 Å². The Morgan fingerprint density at radius 1 is 1.32 bits per heavy atom. The van der Waals surface area contributed by atoms with Crippen molar-refractivity contribution in [3.05, 3.63) is 39.0 Å². The van der Waals surface area contributed by atoms with E-state index in [1.54, 1.807) is 19.1 Å². The van der Waals surface area contributed by atoms with Crippen LogP contribution in [0.4, 0.5) is 0 Å². The lowest BCUT2D eigenvalue weighted by molar-refractivity contribution is 0.300. The van der Waals surface area contributed by atoms with Crippen molar-refractivity contribution >= 4 is 5.90 Å². The van der Waals surface area contributed by atoms with Crippen molar-refractivity contribution in [2.75, 3.05) is 6.61 Å². The SMILES string of the molecule is CCOC(=N)c1cc(C)c(=O)c(OC2CC2)cc1C. The Bertz CT molecular complexity index is 562. The van der Waals surface area contributed by atoms with Crippen LogP contribution in [0.15, 0.2) is 16.9 Å². The summed E-state index contributed by atoms with van der Waals surface area (Å²) >= 11 is 0. The van der Waals surface area contributed by atoms with Crippen LogP contribution in [0.25, 0.3) is 0 Å². The lowest BCUT2D eigenvalue weighted by Crippen LogP contribution is -2.09. The van der Waals surface area contributed by atoms with Gasteiger partial charge in [0.05, 0.1) is 12.7 Å². The molecule has 19 heavy (non-hydrogen) atoms. The fraction of sp³-hybridized carbons (Fsp3) is 0.467. The van der Waals surface area contributed by atoms with E-state index in [1.807, 2.05) is 13.8 Å². The van der Waals surface area contributed by atoms with Gasteiger partial charge in [-0.05, 0) is 51.3 Å². The molecular weight excluding hydrogens is 242 g/mol. The highest BCUT2D eigenvalue weighted by Crippen LogP contribution is 2.25. The van der Waals surface area contributed by atoms with E-state index in [2.05, 4.69) is 0 Å². The molecule has 0 amide bonds. The molecule has 0 heterocycles. The fourth-order valence-corrected chi connectivity index (χ4v) is 1.85. The number of aryl methyl sites for hydroxylation is 2. The highest BCUT2D eigenvalue weighted by molar-refractivity contribution is 5.93. The zero-order chi connectivity index (χ0) is 14.0. The van der Waals surface area contributed by atoms with Crippen LogP contribution in [0.3, 0.4) is 0 Å². The number of hydrogen-bond donors (Lipinski definition) is 1. The lowest BCUT2D eigenvalue weighted by atomic mass is 10.1. The molecule has 0 radical (unpaired) electrons. The molecule has 1 aliphatic carbocycles. The molecule has 0 bridgehead atoms. The molecule has 1 saturated carbocycles. The van der Waals surface area contributed by atoms with Gasteiger partial charge in [0.15, 0.2) is 5.75 Å². The van der Waals surface area contributed by atoms with E-state index in [0.717, 1.165) is 18.4 Å². The third kappa shape index (κ3) is 3.13. The first kappa shape index (κ1) is 13.6. The molecule has 1 aliphatic rings.